The minimum atomic E-state index is -0.110. The molecule has 0 rings (SSSR count). The van der Waals surface area contributed by atoms with Crippen LogP contribution in [0.4, 0.5) is 0 Å². The topological polar surface area (TPSA) is 0 Å². The van der Waals surface area contributed by atoms with E-state index in [2.05, 4.69) is 13.8 Å². The van der Waals surface area contributed by atoms with E-state index in [1.54, 1.807) is 0 Å². The summed E-state index contributed by atoms with van der Waals surface area (Å²) in [6, 6.07) is 0. The number of hydrogen-bond acceptors (Lipinski definition) is 0. The first-order valence-corrected chi connectivity index (χ1v) is 6.40. The highest BCUT2D eigenvalue weighted by Gasteiger charge is 2.24. The van der Waals surface area contributed by atoms with E-state index in [9.17, 15) is 0 Å². The molecule has 1 unspecified atom stereocenters. The summed E-state index contributed by atoms with van der Waals surface area (Å²) in [4.78, 5) is -0.164. The van der Waals surface area contributed by atoms with Crippen molar-refractivity contribution in [2.75, 3.05) is 0 Å². The Morgan fingerprint density at radius 2 is 1.43 bits per heavy atom. The molecule has 0 aromatic carbocycles. The quantitative estimate of drug-likeness (QED) is 0.414. The lowest BCUT2D eigenvalue weighted by atomic mass is 9.93. The lowest BCUT2D eigenvalue weighted by Gasteiger charge is -2.25. The molecule has 14 heavy (non-hydrogen) atoms. The summed E-state index contributed by atoms with van der Waals surface area (Å²) in [7, 11) is 0. The zero-order chi connectivity index (χ0) is 11.2. The van der Waals surface area contributed by atoms with Gasteiger partial charge < -0.3 is 0 Å². The number of alkyl halides is 2. The van der Waals surface area contributed by atoms with Crippen molar-refractivity contribution in [3.63, 3.8) is 0 Å². The van der Waals surface area contributed by atoms with Crippen LogP contribution in [0.2, 0.25) is 0 Å². The van der Waals surface area contributed by atoms with Gasteiger partial charge in [-0.1, -0.05) is 26.2 Å². The Labute approximate surface area is 99.4 Å². The second kappa shape index (κ2) is 6.23. The van der Waals surface area contributed by atoms with Gasteiger partial charge in [-0.15, -0.1) is 23.2 Å². The first-order valence-electron chi connectivity index (χ1n) is 5.65. The molecule has 0 aromatic heterocycles. The zero-order valence-electron chi connectivity index (χ0n) is 10.00. The molecule has 0 spiro atoms. The first-order chi connectivity index (χ1) is 6.27. The highest BCUT2D eigenvalue weighted by Crippen LogP contribution is 2.32. The van der Waals surface area contributed by atoms with Crippen LogP contribution in [0.1, 0.15) is 66.2 Å². The van der Waals surface area contributed by atoms with Gasteiger partial charge in [-0.05, 0) is 40.0 Å². The van der Waals surface area contributed by atoms with E-state index in [-0.39, 0.29) is 9.75 Å². The Morgan fingerprint density at radius 3 is 1.86 bits per heavy atom. The van der Waals surface area contributed by atoms with Gasteiger partial charge in [0.2, 0.25) is 0 Å². The highest BCUT2D eigenvalue weighted by molar-refractivity contribution is 6.24. The lowest BCUT2D eigenvalue weighted by Crippen LogP contribution is -2.21. The van der Waals surface area contributed by atoms with Gasteiger partial charge in [0.1, 0.15) is 0 Å². The molecule has 0 aliphatic rings. The van der Waals surface area contributed by atoms with E-state index >= 15 is 0 Å². The van der Waals surface area contributed by atoms with Crippen LogP contribution in [0, 0.1) is 0 Å². The molecule has 0 radical (unpaired) electrons. The van der Waals surface area contributed by atoms with Gasteiger partial charge in [0.15, 0.2) is 0 Å². The Hall–Kier alpha value is 0.580. The molecule has 1 atom stereocenters. The maximum absolute atomic E-state index is 6.42. The van der Waals surface area contributed by atoms with Gasteiger partial charge in [-0.25, -0.2) is 0 Å². The Balaban J connectivity index is 3.72. The molecule has 0 nitrogen and oxygen atoms in total. The maximum atomic E-state index is 6.42. The SMILES string of the molecule is CCCCCC(C)(Cl)CCC(C)(C)Cl. The third-order valence-corrected chi connectivity index (χ3v) is 3.11. The van der Waals surface area contributed by atoms with E-state index in [1.807, 2.05) is 13.8 Å². The normalized spacial score (nSPS) is 16.7. The van der Waals surface area contributed by atoms with Gasteiger partial charge in [-0.3, -0.25) is 0 Å². The summed E-state index contributed by atoms with van der Waals surface area (Å²) in [5.41, 5.74) is 0. The summed E-state index contributed by atoms with van der Waals surface area (Å²) >= 11 is 12.6. The summed E-state index contributed by atoms with van der Waals surface area (Å²) in [6.45, 7) is 8.45. The number of rotatable bonds is 7. The predicted molar refractivity (Wildman–Crippen MR) is 67.6 cm³/mol. The van der Waals surface area contributed by atoms with Gasteiger partial charge in [0.05, 0.1) is 0 Å². The Bertz CT molecular complexity index is 145. The smallest absolute Gasteiger partial charge is 0.0419 e. The first kappa shape index (κ1) is 14.6. The second-order valence-corrected chi connectivity index (χ2v) is 7.02. The molecule has 0 fully saturated rings. The minimum Gasteiger partial charge on any atom is -0.120 e. The van der Waals surface area contributed by atoms with E-state index in [1.165, 1.54) is 19.3 Å². The number of halogens is 2. The molecule has 2 heteroatoms. The van der Waals surface area contributed by atoms with Crippen molar-refractivity contribution in [3.8, 4) is 0 Å². The van der Waals surface area contributed by atoms with Crippen molar-refractivity contribution in [3.05, 3.63) is 0 Å². The zero-order valence-corrected chi connectivity index (χ0v) is 11.5. The molecule has 0 saturated carbocycles. The van der Waals surface area contributed by atoms with Crippen LogP contribution in [-0.4, -0.2) is 9.75 Å². The third kappa shape index (κ3) is 9.15. The summed E-state index contributed by atoms with van der Waals surface area (Å²) in [5, 5.41) is 0. The fraction of sp³-hybridized carbons (Fsp3) is 1.00. The highest BCUT2D eigenvalue weighted by atomic mass is 35.5. The standard InChI is InChI=1S/C12H24Cl2/c1-5-6-7-8-12(4,14)10-9-11(2,3)13/h5-10H2,1-4H3. The van der Waals surface area contributed by atoms with E-state index in [4.69, 9.17) is 23.2 Å². The van der Waals surface area contributed by atoms with Crippen LogP contribution < -0.4 is 0 Å². The van der Waals surface area contributed by atoms with Crippen LogP contribution in [0.25, 0.3) is 0 Å². The molecular weight excluding hydrogens is 215 g/mol. The van der Waals surface area contributed by atoms with Gasteiger partial charge in [-0.2, -0.15) is 0 Å². The van der Waals surface area contributed by atoms with Crippen molar-refractivity contribution < 1.29 is 0 Å². The second-order valence-electron chi connectivity index (χ2n) is 5.09. The fourth-order valence-corrected chi connectivity index (χ4v) is 1.75. The fourth-order valence-electron chi connectivity index (χ4n) is 1.43. The van der Waals surface area contributed by atoms with Crippen molar-refractivity contribution in [2.24, 2.45) is 0 Å². The summed E-state index contributed by atoms with van der Waals surface area (Å²) in [6.07, 6.45) is 6.88. The molecule has 0 bridgehead atoms. The molecule has 0 aliphatic carbocycles. The average Bonchev–Trinajstić information content (AvgIpc) is 2.00. The van der Waals surface area contributed by atoms with Gasteiger partial charge in [0.25, 0.3) is 0 Å². The van der Waals surface area contributed by atoms with E-state index in [0.29, 0.717) is 0 Å². The number of hydrogen-bond donors (Lipinski definition) is 0. The predicted octanol–water partition coefficient (Wildman–Crippen LogP) is 5.36. The Kier molecular flexibility index (Phi) is 6.48. The van der Waals surface area contributed by atoms with Crippen LogP contribution in [0.5, 0.6) is 0 Å². The third-order valence-electron chi connectivity index (χ3n) is 2.54. The molecule has 0 saturated heterocycles. The molecular formula is C12H24Cl2. The van der Waals surface area contributed by atoms with Crippen molar-refractivity contribution in [1.29, 1.82) is 0 Å². The Morgan fingerprint density at radius 1 is 0.857 bits per heavy atom. The van der Waals surface area contributed by atoms with E-state index < -0.39 is 0 Å². The summed E-state index contributed by atoms with van der Waals surface area (Å²) < 4.78 is 0. The van der Waals surface area contributed by atoms with Crippen molar-refractivity contribution >= 4 is 23.2 Å². The number of unbranched alkanes of at least 4 members (excludes halogenated alkanes) is 2. The molecule has 0 N–H and O–H groups in total. The molecule has 0 amide bonds. The van der Waals surface area contributed by atoms with Crippen molar-refractivity contribution in [1.82, 2.24) is 0 Å². The van der Waals surface area contributed by atoms with Crippen LogP contribution in [-0.2, 0) is 0 Å². The lowest BCUT2D eigenvalue weighted by molar-refractivity contribution is 0.453. The molecule has 0 aromatic rings. The van der Waals surface area contributed by atoms with Crippen LogP contribution >= 0.6 is 23.2 Å². The summed E-state index contributed by atoms with van der Waals surface area (Å²) in [5.74, 6) is 0. The van der Waals surface area contributed by atoms with Crippen molar-refractivity contribution in [2.45, 2.75) is 76.0 Å². The molecule has 86 valence electrons. The van der Waals surface area contributed by atoms with Gasteiger partial charge in [0, 0.05) is 9.75 Å². The van der Waals surface area contributed by atoms with Crippen LogP contribution in [0.15, 0.2) is 0 Å². The van der Waals surface area contributed by atoms with E-state index in [0.717, 1.165) is 19.3 Å². The largest absolute Gasteiger partial charge is 0.120 e. The maximum Gasteiger partial charge on any atom is 0.0419 e. The molecule has 0 heterocycles. The monoisotopic (exact) mass is 238 g/mol. The average molecular weight is 239 g/mol. The van der Waals surface area contributed by atoms with Gasteiger partial charge >= 0.3 is 0 Å². The molecule has 0 aliphatic heterocycles. The minimum absolute atomic E-state index is 0.0542. The van der Waals surface area contributed by atoms with Crippen LogP contribution in [0.3, 0.4) is 0 Å².